The van der Waals surface area contributed by atoms with Gasteiger partial charge in [-0.2, -0.15) is 26.3 Å². The van der Waals surface area contributed by atoms with Gasteiger partial charge in [0.2, 0.25) is 0 Å². The van der Waals surface area contributed by atoms with Gasteiger partial charge in [-0.05, 0) is 118 Å². The largest absolute Gasteiger partial charge is 0.311 e. The van der Waals surface area contributed by atoms with Crippen molar-refractivity contribution < 1.29 is 0 Å². The Kier molecular flexibility index (Phi) is 8.23. The van der Waals surface area contributed by atoms with E-state index in [9.17, 15) is 21.0 Å². The van der Waals surface area contributed by atoms with Crippen molar-refractivity contribution in [3.05, 3.63) is 161 Å². The molecule has 0 unspecified atom stereocenters. The SMILES string of the molecule is N#Cc1ccc(-c2ccc(N(c3ccc(-c4cc(C#N)cc(C#N)c4)cc3)c3ccc(-c4cc(C#N)cc(C#N)c4)cc3)cc2)cc1. The highest BCUT2D eigenvalue weighted by atomic mass is 15.1. The van der Waals surface area contributed by atoms with Crippen molar-refractivity contribution in [2.45, 2.75) is 0 Å². The van der Waals surface area contributed by atoms with Crippen molar-refractivity contribution >= 4 is 17.1 Å². The molecule has 0 spiro atoms. The molecule has 0 fully saturated rings. The maximum Gasteiger partial charge on any atom is 0.0992 e. The molecule has 47 heavy (non-hydrogen) atoms. The molecule has 6 nitrogen and oxygen atoms in total. The van der Waals surface area contributed by atoms with E-state index in [-0.39, 0.29) is 0 Å². The highest BCUT2D eigenvalue weighted by Gasteiger charge is 2.15. The smallest absolute Gasteiger partial charge is 0.0992 e. The molecule has 6 aromatic carbocycles. The molecule has 6 rings (SSSR count). The Morgan fingerprint density at radius 3 is 0.809 bits per heavy atom. The van der Waals surface area contributed by atoms with Crippen LogP contribution in [0.3, 0.4) is 0 Å². The van der Waals surface area contributed by atoms with Crippen LogP contribution in [0.25, 0.3) is 33.4 Å². The standard InChI is InChI=1S/C41H22N6/c42-23-28-1-3-33(4-2-28)34-5-11-39(12-6-34)47(40-13-7-35(8-14-40)37-19-29(24-43)17-30(20-37)25-44)41-15-9-36(10-16-41)38-21-31(26-45)18-32(22-38)27-46/h1-22H. The lowest BCUT2D eigenvalue weighted by Gasteiger charge is -2.26. The molecule has 6 heteroatoms. The molecule has 0 bridgehead atoms. The van der Waals surface area contributed by atoms with E-state index in [1.165, 1.54) is 0 Å². The summed E-state index contributed by atoms with van der Waals surface area (Å²) in [5.74, 6) is 0. The Morgan fingerprint density at radius 2 is 0.532 bits per heavy atom. The molecule has 0 amide bonds. The average Bonchev–Trinajstić information content (AvgIpc) is 3.15. The molecular weight excluding hydrogens is 576 g/mol. The Labute approximate surface area is 272 Å². The first kappa shape index (κ1) is 29.6. The molecule has 216 valence electrons. The Bertz CT molecular complexity index is 2140. The number of hydrogen-bond acceptors (Lipinski definition) is 6. The van der Waals surface area contributed by atoms with Crippen LogP contribution in [0.4, 0.5) is 17.1 Å². The van der Waals surface area contributed by atoms with Gasteiger partial charge < -0.3 is 4.90 Å². The lowest BCUT2D eigenvalue weighted by Crippen LogP contribution is -2.09. The molecule has 0 aromatic heterocycles. The quantitative estimate of drug-likeness (QED) is 0.188. The van der Waals surface area contributed by atoms with Crippen molar-refractivity contribution in [2.24, 2.45) is 0 Å². The zero-order valence-electron chi connectivity index (χ0n) is 24.9. The van der Waals surface area contributed by atoms with Crippen LogP contribution >= 0.6 is 0 Å². The third-order valence-corrected chi connectivity index (χ3v) is 7.77. The first-order valence-electron chi connectivity index (χ1n) is 14.5. The van der Waals surface area contributed by atoms with Gasteiger partial charge >= 0.3 is 0 Å². The van der Waals surface area contributed by atoms with Gasteiger partial charge in [0.1, 0.15) is 0 Å². The summed E-state index contributed by atoms with van der Waals surface area (Å²) in [4.78, 5) is 2.12. The minimum absolute atomic E-state index is 0.425. The van der Waals surface area contributed by atoms with Crippen molar-refractivity contribution in [1.82, 2.24) is 0 Å². The Morgan fingerprint density at radius 1 is 0.277 bits per heavy atom. The first-order valence-corrected chi connectivity index (χ1v) is 14.5. The van der Waals surface area contributed by atoms with Crippen LogP contribution < -0.4 is 4.90 Å². The fraction of sp³-hybridized carbons (Fsp3) is 0. The fourth-order valence-electron chi connectivity index (χ4n) is 5.44. The normalized spacial score (nSPS) is 10.0. The molecule has 0 saturated carbocycles. The van der Waals surface area contributed by atoms with Gasteiger partial charge in [-0.1, -0.05) is 48.5 Å². The summed E-state index contributed by atoms with van der Waals surface area (Å²) in [5, 5.41) is 47.0. The van der Waals surface area contributed by atoms with Crippen molar-refractivity contribution in [2.75, 3.05) is 4.90 Å². The van der Waals surface area contributed by atoms with Gasteiger partial charge in [-0.25, -0.2) is 0 Å². The molecule has 0 aliphatic heterocycles. The molecule has 0 radical (unpaired) electrons. The van der Waals surface area contributed by atoms with Crippen LogP contribution in [0.2, 0.25) is 0 Å². The van der Waals surface area contributed by atoms with Crippen LogP contribution in [0.1, 0.15) is 27.8 Å². The first-order chi connectivity index (χ1) is 23.0. The summed E-state index contributed by atoms with van der Waals surface area (Å²) in [5.41, 5.74) is 10.3. The number of hydrogen-bond donors (Lipinski definition) is 0. The number of rotatable bonds is 6. The monoisotopic (exact) mass is 598 g/mol. The summed E-state index contributed by atoms with van der Waals surface area (Å²) in [7, 11) is 0. The summed E-state index contributed by atoms with van der Waals surface area (Å²) in [6.45, 7) is 0. The maximum absolute atomic E-state index is 9.45. The highest BCUT2D eigenvalue weighted by molar-refractivity contribution is 5.81. The second kappa shape index (κ2) is 13.1. The topological polar surface area (TPSA) is 122 Å². The maximum atomic E-state index is 9.45. The predicted molar refractivity (Wildman–Crippen MR) is 181 cm³/mol. The number of nitriles is 5. The van der Waals surface area contributed by atoms with E-state index >= 15 is 0 Å². The second-order valence-corrected chi connectivity index (χ2v) is 10.7. The van der Waals surface area contributed by atoms with Gasteiger partial charge in [0, 0.05) is 17.1 Å². The molecule has 0 aliphatic rings. The van der Waals surface area contributed by atoms with Crippen LogP contribution in [0.5, 0.6) is 0 Å². The van der Waals surface area contributed by atoms with Crippen molar-refractivity contribution in [3.8, 4) is 63.7 Å². The molecule has 0 saturated heterocycles. The minimum Gasteiger partial charge on any atom is -0.311 e. The Hall–Kier alpha value is -7.43. The van der Waals surface area contributed by atoms with Gasteiger partial charge in [0.05, 0.1) is 58.2 Å². The summed E-state index contributed by atoms with van der Waals surface area (Å²) in [6, 6.07) is 52.4. The van der Waals surface area contributed by atoms with Gasteiger partial charge in [-0.15, -0.1) is 0 Å². The van der Waals surface area contributed by atoms with Gasteiger partial charge in [-0.3, -0.25) is 0 Å². The third-order valence-electron chi connectivity index (χ3n) is 7.77. The summed E-state index contributed by atoms with van der Waals surface area (Å²) in [6.07, 6.45) is 0. The van der Waals surface area contributed by atoms with Gasteiger partial charge in [0.15, 0.2) is 0 Å². The van der Waals surface area contributed by atoms with E-state index in [0.29, 0.717) is 27.8 Å². The van der Waals surface area contributed by atoms with E-state index in [0.717, 1.165) is 50.4 Å². The predicted octanol–water partition coefficient (Wildman–Crippen LogP) is 9.52. The van der Waals surface area contributed by atoms with E-state index in [1.54, 1.807) is 48.5 Å². The molecule has 0 heterocycles. The van der Waals surface area contributed by atoms with Crippen LogP contribution in [0, 0.1) is 56.7 Å². The van der Waals surface area contributed by atoms with Crippen molar-refractivity contribution in [1.29, 1.82) is 26.3 Å². The summed E-state index contributed by atoms with van der Waals surface area (Å²) >= 11 is 0. The average molecular weight is 599 g/mol. The molecule has 0 N–H and O–H groups in total. The van der Waals surface area contributed by atoms with E-state index in [2.05, 4.69) is 35.2 Å². The van der Waals surface area contributed by atoms with E-state index in [4.69, 9.17) is 5.26 Å². The van der Waals surface area contributed by atoms with E-state index in [1.807, 2.05) is 84.9 Å². The highest BCUT2D eigenvalue weighted by Crippen LogP contribution is 2.38. The lowest BCUT2D eigenvalue weighted by molar-refractivity contribution is 1.28. The molecular formula is C41H22N6. The molecule has 0 atom stereocenters. The number of benzene rings is 6. The fourth-order valence-corrected chi connectivity index (χ4v) is 5.44. The minimum atomic E-state index is 0.425. The van der Waals surface area contributed by atoms with Crippen LogP contribution in [-0.2, 0) is 0 Å². The lowest BCUT2D eigenvalue weighted by atomic mass is 9.99. The zero-order chi connectivity index (χ0) is 32.8. The van der Waals surface area contributed by atoms with Crippen molar-refractivity contribution in [3.63, 3.8) is 0 Å². The van der Waals surface area contributed by atoms with Crippen LogP contribution in [0.15, 0.2) is 133 Å². The molecule has 0 aliphatic carbocycles. The van der Waals surface area contributed by atoms with Gasteiger partial charge in [0.25, 0.3) is 0 Å². The van der Waals surface area contributed by atoms with E-state index < -0.39 is 0 Å². The third kappa shape index (κ3) is 6.29. The Balaban J connectivity index is 1.40. The number of anilines is 3. The number of nitrogens with zero attached hydrogens (tertiary/aromatic N) is 6. The van der Waals surface area contributed by atoms with Crippen LogP contribution in [-0.4, -0.2) is 0 Å². The summed E-state index contributed by atoms with van der Waals surface area (Å²) < 4.78 is 0. The second-order valence-electron chi connectivity index (χ2n) is 10.7. The zero-order valence-corrected chi connectivity index (χ0v) is 24.9. The molecule has 6 aromatic rings.